The van der Waals surface area contributed by atoms with Crippen LogP contribution >= 0.6 is 27.5 Å². The number of hydrogen-bond acceptors (Lipinski definition) is 6. The van der Waals surface area contributed by atoms with Crippen LogP contribution in [0.1, 0.15) is 55.2 Å². The standard InChI is InChI=1S/C33H31BrClNO5/c1-3-40-28-18-23(15-25(34)32(28)38)30-29(33(39)41-14-13-20-7-5-4-6-8-20)19(2)36-26-16-22(17-27(37)31(26)30)21-9-11-24(35)12-10-21/h4-12,15,18,22,30,36,38H,3,13-14,16-17H2,1-2H3/t22-,30-/m1/s1. The maximum atomic E-state index is 13.9. The van der Waals surface area contributed by atoms with E-state index in [1.54, 1.807) is 12.1 Å². The first-order chi connectivity index (χ1) is 19.8. The van der Waals surface area contributed by atoms with Gasteiger partial charge in [0.05, 0.1) is 23.3 Å². The number of dihydropyridines is 1. The molecular weight excluding hydrogens is 606 g/mol. The molecule has 2 atom stereocenters. The van der Waals surface area contributed by atoms with E-state index in [0.717, 1.165) is 16.8 Å². The first-order valence-electron chi connectivity index (χ1n) is 13.6. The van der Waals surface area contributed by atoms with Crippen LogP contribution in [0.25, 0.3) is 0 Å². The summed E-state index contributed by atoms with van der Waals surface area (Å²) < 4.78 is 11.9. The average molecular weight is 637 g/mol. The summed E-state index contributed by atoms with van der Waals surface area (Å²) >= 11 is 9.53. The minimum Gasteiger partial charge on any atom is -0.503 e. The number of phenolic OH excluding ortho intramolecular Hbond substituents is 1. The van der Waals surface area contributed by atoms with E-state index < -0.39 is 11.9 Å². The zero-order chi connectivity index (χ0) is 29.1. The summed E-state index contributed by atoms with van der Waals surface area (Å²) in [6.07, 6.45) is 1.47. The van der Waals surface area contributed by atoms with E-state index in [-0.39, 0.29) is 29.8 Å². The number of halogens is 2. The van der Waals surface area contributed by atoms with Crippen molar-refractivity contribution in [3.8, 4) is 11.5 Å². The Morgan fingerprint density at radius 3 is 2.51 bits per heavy atom. The van der Waals surface area contributed by atoms with E-state index in [1.807, 2.05) is 68.4 Å². The van der Waals surface area contributed by atoms with Gasteiger partial charge in [0, 0.05) is 40.7 Å². The number of nitrogens with one attached hydrogen (secondary N) is 1. The third kappa shape index (κ3) is 6.21. The fourth-order valence-corrected chi connectivity index (χ4v) is 6.21. The smallest absolute Gasteiger partial charge is 0.336 e. The number of benzene rings is 3. The van der Waals surface area contributed by atoms with E-state index in [2.05, 4.69) is 21.2 Å². The molecule has 3 aromatic rings. The summed E-state index contributed by atoms with van der Waals surface area (Å²) in [6, 6.07) is 20.8. The minimum atomic E-state index is -0.690. The van der Waals surface area contributed by atoms with Gasteiger partial charge in [0.25, 0.3) is 0 Å². The molecule has 0 aromatic heterocycles. The van der Waals surface area contributed by atoms with Crippen molar-refractivity contribution in [2.24, 2.45) is 0 Å². The summed E-state index contributed by atoms with van der Waals surface area (Å²) in [7, 11) is 0. The van der Waals surface area contributed by atoms with Crippen molar-refractivity contribution in [1.29, 1.82) is 0 Å². The van der Waals surface area contributed by atoms with Gasteiger partial charge in [-0.05, 0) is 83.1 Å². The van der Waals surface area contributed by atoms with Crippen molar-refractivity contribution in [1.82, 2.24) is 5.32 Å². The molecule has 1 aliphatic carbocycles. The van der Waals surface area contributed by atoms with Crippen molar-refractivity contribution in [3.63, 3.8) is 0 Å². The molecule has 0 unspecified atom stereocenters. The molecule has 0 saturated carbocycles. The summed E-state index contributed by atoms with van der Waals surface area (Å²) in [5.41, 5.74) is 5.07. The van der Waals surface area contributed by atoms with Crippen LogP contribution < -0.4 is 10.1 Å². The molecule has 0 spiro atoms. The van der Waals surface area contributed by atoms with Gasteiger partial charge >= 0.3 is 5.97 Å². The van der Waals surface area contributed by atoms with Crippen LogP contribution in [0, 0.1) is 0 Å². The van der Waals surface area contributed by atoms with E-state index in [4.69, 9.17) is 21.1 Å². The van der Waals surface area contributed by atoms with Gasteiger partial charge in [-0.15, -0.1) is 0 Å². The van der Waals surface area contributed by atoms with Gasteiger partial charge in [-0.1, -0.05) is 54.1 Å². The van der Waals surface area contributed by atoms with Gasteiger partial charge in [-0.2, -0.15) is 0 Å². The number of aromatic hydroxyl groups is 1. The van der Waals surface area contributed by atoms with Crippen molar-refractivity contribution in [2.45, 2.75) is 44.9 Å². The van der Waals surface area contributed by atoms with Crippen molar-refractivity contribution in [2.75, 3.05) is 13.2 Å². The minimum absolute atomic E-state index is 0.0237. The lowest BCUT2D eigenvalue weighted by molar-refractivity contribution is -0.139. The molecule has 1 heterocycles. The van der Waals surface area contributed by atoms with Gasteiger partial charge in [0.1, 0.15) is 0 Å². The molecule has 8 heteroatoms. The van der Waals surface area contributed by atoms with Crippen LogP contribution in [-0.4, -0.2) is 30.1 Å². The molecule has 2 aliphatic rings. The first-order valence-corrected chi connectivity index (χ1v) is 14.8. The number of rotatable bonds is 8. The highest BCUT2D eigenvalue weighted by atomic mass is 79.9. The summed E-state index contributed by atoms with van der Waals surface area (Å²) in [5, 5.41) is 14.6. The molecule has 212 valence electrons. The van der Waals surface area contributed by atoms with Gasteiger partial charge in [0.15, 0.2) is 17.3 Å². The highest BCUT2D eigenvalue weighted by molar-refractivity contribution is 9.10. The maximum Gasteiger partial charge on any atom is 0.336 e. The lowest BCUT2D eigenvalue weighted by atomic mass is 9.71. The Balaban J connectivity index is 1.53. The van der Waals surface area contributed by atoms with Crippen molar-refractivity contribution >= 4 is 39.3 Å². The average Bonchev–Trinajstić information content (AvgIpc) is 2.95. The molecule has 1 aliphatic heterocycles. The van der Waals surface area contributed by atoms with Crippen LogP contribution in [0.4, 0.5) is 0 Å². The zero-order valence-corrected chi connectivity index (χ0v) is 25.2. The molecule has 6 nitrogen and oxygen atoms in total. The number of phenols is 1. The molecule has 0 amide bonds. The molecule has 41 heavy (non-hydrogen) atoms. The Kier molecular flexibility index (Phi) is 8.85. The Hall–Kier alpha value is -3.55. The first kappa shape index (κ1) is 29.0. The number of carbonyl (C=O) groups excluding carboxylic acids is 2. The number of ketones is 1. The summed E-state index contributed by atoms with van der Waals surface area (Å²) in [5.74, 6) is -1.02. The van der Waals surface area contributed by atoms with Crippen molar-refractivity contribution < 1.29 is 24.2 Å². The Labute approximate surface area is 253 Å². The number of Topliss-reactive ketones (excluding diaryl/α,β-unsaturated/α-hetero) is 1. The second kappa shape index (κ2) is 12.5. The fourth-order valence-electron chi connectivity index (χ4n) is 5.62. The third-order valence-electron chi connectivity index (χ3n) is 7.54. The van der Waals surface area contributed by atoms with Crippen LogP contribution in [0.5, 0.6) is 11.5 Å². The number of allylic oxidation sites excluding steroid dienone is 3. The molecule has 0 radical (unpaired) electrons. The zero-order valence-electron chi connectivity index (χ0n) is 22.9. The monoisotopic (exact) mass is 635 g/mol. The number of hydrogen-bond donors (Lipinski definition) is 2. The molecule has 3 aromatic carbocycles. The summed E-state index contributed by atoms with van der Waals surface area (Å²) in [6.45, 7) is 4.20. The molecule has 2 N–H and O–H groups in total. The lowest BCUT2D eigenvalue weighted by Crippen LogP contribution is -2.36. The second-order valence-electron chi connectivity index (χ2n) is 10.2. The third-order valence-corrected chi connectivity index (χ3v) is 8.40. The highest BCUT2D eigenvalue weighted by Crippen LogP contribution is 2.48. The number of esters is 1. The molecule has 0 saturated heterocycles. The Morgan fingerprint density at radius 1 is 1.07 bits per heavy atom. The molecule has 0 fully saturated rings. The van der Waals surface area contributed by atoms with Gasteiger partial charge in [-0.25, -0.2) is 4.79 Å². The summed E-state index contributed by atoms with van der Waals surface area (Å²) in [4.78, 5) is 27.6. The van der Waals surface area contributed by atoms with E-state index >= 15 is 0 Å². The predicted octanol–water partition coefficient (Wildman–Crippen LogP) is 7.35. The molecule has 5 rings (SSSR count). The second-order valence-corrected chi connectivity index (χ2v) is 11.5. The topological polar surface area (TPSA) is 84.9 Å². The number of ether oxygens (including phenoxy) is 2. The lowest BCUT2D eigenvalue weighted by Gasteiger charge is -2.37. The van der Waals surface area contributed by atoms with Crippen molar-refractivity contribution in [3.05, 3.63) is 115 Å². The van der Waals surface area contributed by atoms with Gasteiger partial charge in [0.2, 0.25) is 0 Å². The fraction of sp³-hybridized carbons (Fsp3) is 0.273. The molecular formula is C33H31BrClNO5. The van der Waals surface area contributed by atoms with E-state index in [9.17, 15) is 14.7 Å². The van der Waals surface area contributed by atoms with Crippen LogP contribution in [0.3, 0.4) is 0 Å². The molecule has 0 bridgehead atoms. The van der Waals surface area contributed by atoms with Crippen LogP contribution in [0.2, 0.25) is 5.02 Å². The Bertz CT molecular complexity index is 1530. The largest absolute Gasteiger partial charge is 0.503 e. The number of carbonyl (C=O) groups is 2. The van der Waals surface area contributed by atoms with Crippen LogP contribution in [0.15, 0.2) is 93.7 Å². The van der Waals surface area contributed by atoms with Gasteiger partial charge in [-0.3, -0.25) is 4.79 Å². The maximum absolute atomic E-state index is 13.9. The van der Waals surface area contributed by atoms with E-state index in [1.165, 1.54) is 0 Å². The van der Waals surface area contributed by atoms with Gasteiger partial charge < -0.3 is 19.9 Å². The highest BCUT2D eigenvalue weighted by Gasteiger charge is 2.42. The Morgan fingerprint density at radius 2 is 1.80 bits per heavy atom. The van der Waals surface area contributed by atoms with Crippen LogP contribution in [-0.2, 0) is 20.7 Å². The SMILES string of the molecule is CCOc1cc([C@@H]2C(C(=O)OCCc3ccccc3)=C(C)NC3=C2C(=O)C[C@H](c2ccc(Cl)cc2)C3)cc(Br)c1O. The predicted molar refractivity (Wildman–Crippen MR) is 162 cm³/mol. The quantitative estimate of drug-likeness (QED) is 0.252. The van der Waals surface area contributed by atoms with E-state index in [0.29, 0.717) is 57.8 Å². The normalized spacial score (nSPS) is 18.6.